The van der Waals surface area contributed by atoms with Gasteiger partial charge in [0.1, 0.15) is 5.82 Å². The van der Waals surface area contributed by atoms with E-state index in [4.69, 9.17) is 5.11 Å². The van der Waals surface area contributed by atoms with Crippen LogP contribution in [0.5, 0.6) is 0 Å². The van der Waals surface area contributed by atoms with Crippen molar-refractivity contribution >= 4 is 11.7 Å². The lowest BCUT2D eigenvalue weighted by Gasteiger charge is -2.12. The number of nitrogens with one attached hydrogen (secondary N) is 1. The predicted molar refractivity (Wildman–Crippen MR) is 56.4 cm³/mol. The van der Waals surface area contributed by atoms with Crippen LogP contribution in [0, 0.1) is 18.7 Å². The maximum absolute atomic E-state index is 13.1. The lowest BCUT2D eigenvalue weighted by atomic mass is 10.1. The average molecular weight is 211 g/mol. The van der Waals surface area contributed by atoms with Crippen molar-refractivity contribution in [2.75, 3.05) is 11.9 Å². The smallest absolute Gasteiger partial charge is 0.308 e. The first kappa shape index (κ1) is 11.5. The van der Waals surface area contributed by atoms with Gasteiger partial charge in [-0.05, 0) is 19.1 Å². The lowest BCUT2D eigenvalue weighted by Crippen LogP contribution is -2.20. The molecule has 82 valence electrons. The summed E-state index contributed by atoms with van der Waals surface area (Å²) in [5.41, 5.74) is 1.15. The van der Waals surface area contributed by atoms with Crippen LogP contribution in [-0.2, 0) is 4.79 Å². The number of carboxylic acid groups (broad SMARTS) is 1. The van der Waals surface area contributed by atoms with Gasteiger partial charge in [-0.3, -0.25) is 4.79 Å². The minimum atomic E-state index is -0.864. The van der Waals surface area contributed by atoms with Crippen LogP contribution in [0.15, 0.2) is 18.2 Å². The second kappa shape index (κ2) is 4.77. The van der Waals surface area contributed by atoms with Crippen molar-refractivity contribution in [2.24, 2.45) is 5.92 Å². The molecule has 0 fully saturated rings. The summed E-state index contributed by atoms with van der Waals surface area (Å²) in [4.78, 5) is 10.6. The molecule has 0 aliphatic carbocycles. The van der Waals surface area contributed by atoms with Crippen molar-refractivity contribution < 1.29 is 14.3 Å². The molecule has 3 nitrogen and oxygen atoms in total. The van der Waals surface area contributed by atoms with Gasteiger partial charge >= 0.3 is 5.97 Å². The quantitative estimate of drug-likeness (QED) is 0.803. The Morgan fingerprint density at radius 3 is 2.87 bits per heavy atom. The van der Waals surface area contributed by atoms with Crippen LogP contribution in [0.1, 0.15) is 12.5 Å². The Labute approximate surface area is 87.9 Å². The highest BCUT2D eigenvalue weighted by atomic mass is 19.1. The Kier molecular flexibility index (Phi) is 3.66. The molecule has 0 heterocycles. The SMILES string of the molecule is Cc1c(F)cccc1NCC(C)C(=O)O. The second-order valence-corrected chi connectivity index (χ2v) is 3.53. The van der Waals surface area contributed by atoms with E-state index in [1.807, 2.05) is 0 Å². The molecule has 1 atom stereocenters. The molecule has 0 aromatic heterocycles. The summed E-state index contributed by atoms with van der Waals surface area (Å²) in [5.74, 6) is -1.65. The van der Waals surface area contributed by atoms with Gasteiger partial charge in [0.05, 0.1) is 5.92 Å². The zero-order chi connectivity index (χ0) is 11.4. The monoisotopic (exact) mass is 211 g/mol. The highest BCUT2D eigenvalue weighted by Gasteiger charge is 2.11. The maximum Gasteiger partial charge on any atom is 0.308 e. The van der Waals surface area contributed by atoms with Gasteiger partial charge in [-0.15, -0.1) is 0 Å². The van der Waals surface area contributed by atoms with Gasteiger partial charge in [0.15, 0.2) is 0 Å². The standard InChI is InChI=1S/C11H14FNO2/c1-7(11(14)15)6-13-10-5-3-4-9(12)8(10)2/h3-5,7,13H,6H2,1-2H3,(H,14,15). The zero-order valence-electron chi connectivity index (χ0n) is 8.75. The van der Waals surface area contributed by atoms with Crippen molar-refractivity contribution in [3.05, 3.63) is 29.6 Å². The van der Waals surface area contributed by atoms with Crippen LogP contribution in [0.25, 0.3) is 0 Å². The Bertz CT molecular complexity index is 366. The third kappa shape index (κ3) is 2.94. The fourth-order valence-corrected chi connectivity index (χ4v) is 1.15. The van der Waals surface area contributed by atoms with Crippen molar-refractivity contribution in [1.82, 2.24) is 0 Å². The van der Waals surface area contributed by atoms with Crippen molar-refractivity contribution in [1.29, 1.82) is 0 Å². The molecular weight excluding hydrogens is 197 g/mol. The van der Waals surface area contributed by atoms with Crippen molar-refractivity contribution in [3.8, 4) is 0 Å². The molecule has 0 saturated carbocycles. The van der Waals surface area contributed by atoms with Gasteiger partial charge in [0.2, 0.25) is 0 Å². The Hall–Kier alpha value is -1.58. The molecule has 1 aromatic carbocycles. The average Bonchev–Trinajstić information content (AvgIpc) is 2.19. The molecule has 0 spiro atoms. The van der Waals surface area contributed by atoms with Crippen LogP contribution < -0.4 is 5.32 Å². The van der Waals surface area contributed by atoms with Gasteiger partial charge in [-0.2, -0.15) is 0 Å². The summed E-state index contributed by atoms with van der Waals surface area (Å²) >= 11 is 0. The number of carbonyl (C=O) groups is 1. The Morgan fingerprint density at radius 2 is 2.27 bits per heavy atom. The first-order chi connectivity index (χ1) is 7.02. The van der Waals surface area contributed by atoms with E-state index in [0.29, 0.717) is 17.8 Å². The van der Waals surface area contributed by atoms with Gasteiger partial charge in [-0.25, -0.2) is 4.39 Å². The molecule has 1 rings (SSSR count). The molecule has 0 aliphatic heterocycles. The number of anilines is 1. The summed E-state index contributed by atoms with van der Waals surface area (Å²) in [6, 6.07) is 4.70. The maximum atomic E-state index is 13.1. The third-order valence-electron chi connectivity index (χ3n) is 2.29. The zero-order valence-corrected chi connectivity index (χ0v) is 8.75. The molecular formula is C11H14FNO2. The fourth-order valence-electron chi connectivity index (χ4n) is 1.15. The van der Waals surface area contributed by atoms with Gasteiger partial charge in [-0.1, -0.05) is 13.0 Å². The van der Waals surface area contributed by atoms with Crippen LogP contribution in [0.2, 0.25) is 0 Å². The van der Waals surface area contributed by atoms with Crippen molar-refractivity contribution in [3.63, 3.8) is 0 Å². The largest absolute Gasteiger partial charge is 0.481 e. The van der Waals surface area contributed by atoms with E-state index < -0.39 is 11.9 Å². The third-order valence-corrected chi connectivity index (χ3v) is 2.29. The highest BCUT2D eigenvalue weighted by Crippen LogP contribution is 2.17. The number of aliphatic carboxylic acids is 1. The molecule has 15 heavy (non-hydrogen) atoms. The first-order valence-corrected chi connectivity index (χ1v) is 4.74. The molecule has 0 amide bonds. The van der Waals surface area contributed by atoms with E-state index in [1.165, 1.54) is 6.07 Å². The van der Waals surface area contributed by atoms with Gasteiger partial charge in [0.25, 0.3) is 0 Å². The summed E-state index contributed by atoms with van der Waals surface area (Å²) in [6.45, 7) is 3.55. The van der Waals surface area contributed by atoms with Crippen LogP contribution >= 0.6 is 0 Å². The second-order valence-electron chi connectivity index (χ2n) is 3.53. The minimum absolute atomic E-state index is 0.289. The molecule has 0 radical (unpaired) electrons. The first-order valence-electron chi connectivity index (χ1n) is 4.74. The highest BCUT2D eigenvalue weighted by molar-refractivity contribution is 5.70. The number of benzene rings is 1. The minimum Gasteiger partial charge on any atom is -0.481 e. The van der Waals surface area contributed by atoms with Crippen LogP contribution in [0.4, 0.5) is 10.1 Å². The summed E-state index contributed by atoms with van der Waals surface area (Å²) in [7, 11) is 0. The number of hydrogen-bond acceptors (Lipinski definition) is 2. The Morgan fingerprint density at radius 1 is 1.60 bits per heavy atom. The predicted octanol–water partition coefficient (Wildman–Crippen LogP) is 2.27. The van der Waals surface area contributed by atoms with E-state index in [-0.39, 0.29) is 5.82 Å². The molecule has 2 N–H and O–H groups in total. The van der Waals surface area contributed by atoms with Gasteiger partial charge < -0.3 is 10.4 Å². The number of carboxylic acids is 1. The number of rotatable bonds is 4. The summed E-state index contributed by atoms with van der Waals surface area (Å²) < 4.78 is 13.1. The number of halogens is 1. The summed E-state index contributed by atoms with van der Waals surface area (Å²) in [5, 5.41) is 11.6. The van der Waals surface area contributed by atoms with E-state index in [9.17, 15) is 9.18 Å². The lowest BCUT2D eigenvalue weighted by molar-refractivity contribution is -0.140. The molecule has 0 bridgehead atoms. The molecule has 1 unspecified atom stereocenters. The normalized spacial score (nSPS) is 12.2. The van der Waals surface area contributed by atoms with Crippen LogP contribution in [0.3, 0.4) is 0 Å². The molecule has 0 saturated heterocycles. The van der Waals surface area contributed by atoms with E-state index in [1.54, 1.807) is 26.0 Å². The van der Waals surface area contributed by atoms with Gasteiger partial charge in [0, 0.05) is 17.8 Å². The molecule has 0 aliphatic rings. The number of hydrogen-bond donors (Lipinski definition) is 2. The summed E-state index contributed by atoms with van der Waals surface area (Å²) in [6.07, 6.45) is 0. The Balaban J connectivity index is 2.66. The van der Waals surface area contributed by atoms with E-state index in [0.717, 1.165) is 0 Å². The van der Waals surface area contributed by atoms with Crippen molar-refractivity contribution in [2.45, 2.75) is 13.8 Å². The molecule has 1 aromatic rings. The topological polar surface area (TPSA) is 49.3 Å². The van der Waals surface area contributed by atoms with E-state index >= 15 is 0 Å². The van der Waals surface area contributed by atoms with E-state index in [2.05, 4.69) is 5.32 Å². The van der Waals surface area contributed by atoms with Crippen LogP contribution in [-0.4, -0.2) is 17.6 Å². The molecule has 4 heteroatoms. The fraction of sp³-hybridized carbons (Fsp3) is 0.364.